The molecule has 4 heteroatoms. The number of morpholine rings is 1. The molecular weight excluding hydrogens is 233 g/mol. The summed E-state index contributed by atoms with van der Waals surface area (Å²) >= 11 is 0. The quantitative estimate of drug-likeness (QED) is 0.898. The normalized spacial score (nSPS) is 22.0. The van der Waals surface area contributed by atoms with Crippen LogP contribution in [0.15, 0.2) is 18.2 Å². The predicted molar refractivity (Wildman–Crippen MR) is 69.3 cm³/mol. The summed E-state index contributed by atoms with van der Waals surface area (Å²) in [5, 5.41) is 9.76. The van der Waals surface area contributed by atoms with Crippen LogP contribution in [-0.2, 0) is 4.74 Å². The van der Waals surface area contributed by atoms with Crippen LogP contribution in [0.2, 0.25) is 0 Å². The van der Waals surface area contributed by atoms with Crippen LogP contribution in [0.5, 0.6) is 0 Å². The second-order valence-corrected chi connectivity index (χ2v) is 4.73. The number of ether oxygens (including phenoxy) is 1. The summed E-state index contributed by atoms with van der Waals surface area (Å²) in [5.41, 5.74) is 1.56. The van der Waals surface area contributed by atoms with E-state index in [9.17, 15) is 9.50 Å². The van der Waals surface area contributed by atoms with E-state index in [1.54, 1.807) is 13.0 Å². The molecule has 1 heterocycles. The summed E-state index contributed by atoms with van der Waals surface area (Å²) in [4.78, 5) is 2.17. The number of benzene rings is 1. The highest BCUT2D eigenvalue weighted by molar-refractivity contribution is 5.55. The topological polar surface area (TPSA) is 32.7 Å². The Balaban J connectivity index is 2.26. The molecule has 0 aromatic heterocycles. The Bertz CT molecular complexity index is 409. The second-order valence-electron chi connectivity index (χ2n) is 4.73. The Morgan fingerprint density at radius 3 is 3.00 bits per heavy atom. The first-order chi connectivity index (χ1) is 8.61. The Kier molecular flexibility index (Phi) is 4.19. The first-order valence-corrected chi connectivity index (χ1v) is 6.46. The standard InChI is InChI=1S/C14H20FNO2/c1-3-12-9-16(6-7-18-12)14-5-4-11(15)8-13(14)10(2)17/h4-5,8,10,12,17H,3,6-7,9H2,1-2H3. The average Bonchev–Trinajstić information content (AvgIpc) is 2.38. The summed E-state index contributed by atoms with van der Waals surface area (Å²) in [5.74, 6) is -0.310. The van der Waals surface area contributed by atoms with Crippen LogP contribution in [0.25, 0.3) is 0 Å². The van der Waals surface area contributed by atoms with E-state index in [4.69, 9.17) is 4.74 Å². The Labute approximate surface area is 107 Å². The zero-order chi connectivity index (χ0) is 13.1. The van der Waals surface area contributed by atoms with Crippen LogP contribution in [0.1, 0.15) is 31.9 Å². The molecule has 2 unspecified atom stereocenters. The molecule has 2 rings (SSSR count). The van der Waals surface area contributed by atoms with Crippen LogP contribution >= 0.6 is 0 Å². The first kappa shape index (κ1) is 13.3. The maximum Gasteiger partial charge on any atom is 0.123 e. The van der Waals surface area contributed by atoms with Crippen LogP contribution in [0.3, 0.4) is 0 Å². The number of aliphatic hydroxyl groups excluding tert-OH is 1. The van der Waals surface area contributed by atoms with Crippen molar-refractivity contribution in [3.8, 4) is 0 Å². The zero-order valence-electron chi connectivity index (χ0n) is 10.9. The van der Waals surface area contributed by atoms with Gasteiger partial charge in [-0.15, -0.1) is 0 Å². The lowest BCUT2D eigenvalue weighted by atomic mass is 10.1. The van der Waals surface area contributed by atoms with E-state index in [1.807, 2.05) is 0 Å². The number of aliphatic hydroxyl groups is 1. The van der Waals surface area contributed by atoms with Gasteiger partial charge in [-0.3, -0.25) is 0 Å². The average molecular weight is 253 g/mol. The molecule has 1 aliphatic rings. The lowest BCUT2D eigenvalue weighted by Crippen LogP contribution is -2.42. The molecule has 2 atom stereocenters. The number of hydrogen-bond donors (Lipinski definition) is 1. The minimum Gasteiger partial charge on any atom is -0.389 e. The van der Waals surface area contributed by atoms with Gasteiger partial charge in [-0.1, -0.05) is 6.92 Å². The summed E-state index contributed by atoms with van der Waals surface area (Å²) < 4.78 is 18.9. The highest BCUT2D eigenvalue weighted by atomic mass is 19.1. The monoisotopic (exact) mass is 253 g/mol. The molecule has 1 aromatic rings. The fourth-order valence-electron chi connectivity index (χ4n) is 2.33. The summed E-state index contributed by atoms with van der Waals surface area (Å²) in [6.07, 6.45) is 0.506. The van der Waals surface area contributed by atoms with Crippen molar-refractivity contribution >= 4 is 5.69 Å². The van der Waals surface area contributed by atoms with Crippen LogP contribution < -0.4 is 4.90 Å². The van der Waals surface area contributed by atoms with Crippen molar-refractivity contribution in [2.24, 2.45) is 0 Å². The van der Waals surface area contributed by atoms with Gasteiger partial charge in [0.25, 0.3) is 0 Å². The van der Waals surface area contributed by atoms with Crippen molar-refractivity contribution < 1.29 is 14.2 Å². The number of rotatable bonds is 3. The van der Waals surface area contributed by atoms with Gasteiger partial charge in [0.15, 0.2) is 0 Å². The fourth-order valence-corrected chi connectivity index (χ4v) is 2.33. The highest BCUT2D eigenvalue weighted by Gasteiger charge is 2.22. The van der Waals surface area contributed by atoms with Gasteiger partial charge in [-0.05, 0) is 31.5 Å². The maximum atomic E-state index is 13.3. The van der Waals surface area contributed by atoms with Crippen molar-refractivity contribution in [3.05, 3.63) is 29.6 Å². The van der Waals surface area contributed by atoms with Gasteiger partial charge >= 0.3 is 0 Å². The Hall–Kier alpha value is -1.13. The molecular formula is C14H20FNO2. The summed E-state index contributed by atoms with van der Waals surface area (Å²) in [6, 6.07) is 4.60. The van der Waals surface area contributed by atoms with Gasteiger partial charge in [0.1, 0.15) is 5.82 Å². The number of hydrogen-bond acceptors (Lipinski definition) is 3. The molecule has 100 valence electrons. The number of anilines is 1. The molecule has 1 aliphatic heterocycles. The molecule has 0 aliphatic carbocycles. The summed E-state index contributed by atoms with van der Waals surface area (Å²) in [6.45, 7) is 6.00. The largest absolute Gasteiger partial charge is 0.389 e. The number of nitrogens with zero attached hydrogens (tertiary/aromatic N) is 1. The van der Waals surface area contributed by atoms with Crippen molar-refractivity contribution in [1.82, 2.24) is 0 Å². The van der Waals surface area contributed by atoms with E-state index >= 15 is 0 Å². The number of halogens is 1. The third-order valence-corrected chi connectivity index (χ3v) is 3.37. The first-order valence-electron chi connectivity index (χ1n) is 6.46. The smallest absolute Gasteiger partial charge is 0.123 e. The molecule has 0 bridgehead atoms. The van der Waals surface area contributed by atoms with Gasteiger partial charge < -0.3 is 14.7 Å². The molecule has 1 saturated heterocycles. The van der Waals surface area contributed by atoms with E-state index in [1.165, 1.54) is 12.1 Å². The highest BCUT2D eigenvalue weighted by Crippen LogP contribution is 2.28. The lowest BCUT2D eigenvalue weighted by molar-refractivity contribution is 0.0382. The van der Waals surface area contributed by atoms with Crippen molar-refractivity contribution in [3.63, 3.8) is 0 Å². The SMILES string of the molecule is CCC1CN(c2ccc(F)cc2C(C)O)CCO1. The van der Waals surface area contributed by atoms with Crippen LogP contribution in [0.4, 0.5) is 10.1 Å². The van der Waals surface area contributed by atoms with Crippen LogP contribution in [-0.4, -0.2) is 30.9 Å². The molecule has 18 heavy (non-hydrogen) atoms. The van der Waals surface area contributed by atoms with E-state index in [2.05, 4.69) is 11.8 Å². The van der Waals surface area contributed by atoms with Gasteiger partial charge in [-0.2, -0.15) is 0 Å². The Morgan fingerprint density at radius 1 is 1.56 bits per heavy atom. The van der Waals surface area contributed by atoms with Crippen molar-refractivity contribution in [2.45, 2.75) is 32.5 Å². The summed E-state index contributed by atoms with van der Waals surface area (Å²) in [7, 11) is 0. The lowest BCUT2D eigenvalue weighted by Gasteiger charge is -2.35. The zero-order valence-corrected chi connectivity index (χ0v) is 10.9. The van der Waals surface area contributed by atoms with E-state index in [0.29, 0.717) is 12.2 Å². The maximum absolute atomic E-state index is 13.3. The third kappa shape index (κ3) is 2.82. The second kappa shape index (κ2) is 5.67. The minimum absolute atomic E-state index is 0.214. The van der Waals surface area contributed by atoms with Crippen molar-refractivity contribution in [2.75, 3.05) is 24.6 Å². The molecule has 0 spiro atoms. The molecule has 0 saturated carbocycles. The van der Waals surface area contributed by atoms with Crippen LogP contribution in [0, 0.1) is 5.82 Å². The molecule has 1 aromatic carbocycles. The molecule has 0 radical (unpaired) electrons. The Morgan fingerprint density at radius 2 is 2.33 bits per heavy atom. The van der Waals surface area contributed by atoms with Gasteiger partial charge in [-0.25, -0.2) is 4.39 Å². The molecule has 1 N–H and O–H groups in total. The fraction of sp³-hybridized carbons (Fsp3) is 0.571. The van der Waals surface area contributed by atoms with Crippen molar-refractivity contribution in [1.29, 1.82) is 0 Å². The van der Waals surface area contributed by atoms with E-state index in [0.717, 1.165) is 25.2 Å². The van der Waals surface area contributed by atoms with E-state index in [-0.39, 0.29) is 11.9 Å². The van der Waals surface area contributed by atoms with E-state index < -0.39 is 6.10 Å². The van der Waals surface area contributed by atoms with Gasteiger partial charge in [0, 0.05) is 24.3 Å². The van der Waals surface area contributed by atoms with Gasteiger partial charge in [0.05, 0.1) is 18.8 Å². The molecule has 3 nitrogen and oxygen atoms in total. The molecule has 0 amide bonds. The van der Waals surface area contributed by atoms with Gasteiger partial charge in [0.2, 0.25) is 0 Å². The molecule has 1 fully saturated rings. The minimum atomic E-state index is -0.668. The third-order valence-electron chi connectivity index (χ3n) is 3.37. The predicted octanol–water partition coefficient (Wildman–Crippen LogP) is 2.49.